The minimum atomic E-state index is 0.0354. The molecule has 1 aromatic heterocycles. The average molecular weight is 301 g/mol. The lowest BCUT2D eigenvalue weighted by molar-refractivity contribution is 0.0958. The highest BCUT2D eigenvalue weighted by atomic mass is 32.1. The standard InChI is InChI=1S/C17H19NO2S/c19-14-7-5-12(6-8-14)9-10-18-17(20)16-11-13-3-1-2-4-15(13)21-16/h5-8,11,19H,1-4,9-10H2,(H,18,20). The van der Waals surface area contributed by atoms with Crippen LogP contribution in [0.3, 0.4) is 0 Å². The number of phenolic OH excluding ortho intramolecular Hbond substituents is 1. The van der Waals surface area contributed by atoms with Gasteiger partial charge in [-0.25, -0.2) is 0 Å². The number of aromatic hydroxyl groups is 1. The number of thiophene rings is 1. The molecule has 21 heavy (non-hydrogen) atoms. The zero-order valence-electron chi connectivity index (χ0n) is 11.9. The molecule has 1 amide bonds. The van der Waals surface area contributed by atoms with Crippen LogP contribution in [0.4, 0.5) is 0 Å². The van der Waals surface area contributed by atoms with E-state index in [0.717, 1.165) is 29.7 Å². The number of rotatable bonds is 4. The van der Waals surface area contributed by atoms with Crippen molar-refractivity contribution in [1.82, 2.24) is 5.32 Å². The molecule has 3 rings (SSSR count). The van der Waals surface area contributed by atoms with Gasteiger partial charge < -0.3 is 10.4 Å². The number of hydrogen-bond acceptors (Lipinski definition) is 3. The van der Waals surface area contributed by atoms with Crippen LogP contribution in [-0.2, 0) is 19.3 Å². The largest absolute Gasteiger partial charge is 0.508 e. The topological polar surface area (TPSA) is 49.3 Å². The van der Waals surface area contributed by atoms with Gasteiger partial charge in [-0.3, -0.25) is 4.79 Å². The summed E-state index contributed by atoms with van der Waals surface area (Å²) in [7, 11) is 0. The highest BCUT2D eigenvalue weighted by Crippen LogP contribution is 2.29. The predicted molar refractivity (Wildman–Crippen MR) is 85.1 cm³/mol. The predicted octanol–water partition coefficient (Wildman–Crippen LogP) is 3.31. The average Bonchev–Trinajstić information content (AvgIpc) is 2.93. The first kappa shape index (κ1) is 14.1. The van der Waals surface area contributed by atoms with Crippen LogP contribution in [0.1, 0.15) is 38.5 Å². The van der Waals surface area contributed by atoms with Gasteiger partial charge >= 0.3 is 0 Å². The monoisotopic (exact) mass is 301 g/mol. The Morgan fingerprint density at radius 2 is 1.95 bits per heavy atom. The van der Waals surface area contributed by atoms with E-state index in [1.54, 1.807) is 23.5 Å². The molecule has 1 aliphatic carbocycles. The maximum Gasteiger partial charge on any atom is 0.261 e. The van der Waals surface area contributed by atoms with Crippen LogP contribution in [0.25, 0.3) is 0 Å². The van der Waals surface area contributed by atoms with E-state index >= 15 is 0 Å². The SMILES string of the molecule is O=C(NCCc1ccc(O)cc1)c1cc2c(s1)CCCC2. The number of phenols is 1. The lowest BCUT2D eigenvalue weighted by Gasteiger charge is -2.08. The second-order valence-electron chi connectivity index (χ2n) is 5.44. The molecule has 0 unspecified atom stereocenters. The van der Waals surface area contributed by atoms with E-state index in [0.29, 0.717) is 6.54 Å². The number of hydrogen-bond donors (Lipinski definition) is 2. The Kier molecular flexibility index (Phi) is 4.25. The van der Waals surface area contributed by atoms with Crippen molar-refractivity contribution in [1.29, 1.82) is 0 Å². The summed E-state index contributed by atoms with van der Waals surface area (Å²) in [6.07, 6.45) is 5.51. The second kappa shape index (κ2) is 6.31. The van der Waals surface area contributed by atoms with E-state index in [4.69, 9.17) is 0 Å². The van der Waals surface area contributed by atoms with Gasteiger partial charge in [-0.2, -0.15) is 0 Å². The van der Waals surface area contributed by atoms with E-state index in [1.165, 1.54) is 23.3 Å². The summed E-state index contributed by atoms with van der Waals surface area (Å²) < 4.78 is 0. The van der Waals surface area contributed by atoms with Gasteiger partial charge in [-0.05, 0) is 61.4 Å². The van der Waals surface area contributed by atoms with Crippen LogP contribution < -0.4 is 5.32 Å². The Bertz CT molecular complexity index is 607. The Labute approximate surface area is 128 Å². The fourth-order valence-electron chi connectivity index (χ4n) is 2.67. The maximum absolute atomic E-state index is 12.2. The van der Waals surface area contributed by atoms with Crippen LogP contribution in [0, 0.1) is 0 Å². The van der Waals surface area contributed by atoms with Gasteiger partial charge in [-0.15, -0.1) is 11.3 Å². The van der Waals surface area contributed by atoms with Crippen LogP contribution in [0.15, 0.2) is 30.3 Å². The van der Waals surface area contributed by atoms with E-state index in [9.17, 15) is 9.90 Å². The number of fused-ring (bicyclic) bond motifs is 1. The fourth-order valence-corrected chi connectivity index (χ4v) is 3.84. The molecule has 0 spiro atoms. The number of carbonyl (C=O) groups is 1. The van der Waals surface area contributed by atoms with Crippen molar-refractivity contribution in [3.05, 3.63) is 51.2 Å². The molecule has 0 fully saturated rings. The van der Waals surface area contributed by atoms with Crippen molar-refractivity contribution in [3.8, 4) is 5.75 Å². The molecular formula is C17H19NO2S. The quantitative estimate of drug-likeness (QED) is 0.910. The molecule has 0 bridgehead atoms. The highest BCUT2D eigenvalue weighted by Gasteiger charge is 2.16. The van der Waals surface area contributed by atoms with E-state index in [2.05, 4.69) is 11.4 Å². The minimum absolute atomic E-state index is 0.0354. The van der Waals surface area contributed by atoms with Gasteiger partial charge in [0.05, 0.1) is 4.88 Å². The summed E-state index contributed by atoms with van der Waals surface area (Å²) in [6.45, 7) is 0.617. The second-order valence-corrected chi connectivity index (χ2v) is 6.58. The Balaban J connectivity index is 1.54. The van der Waals surface area contributed by atoms with Crippen molar-refractivity contribution in [3.63, 3.8) is 0 Å². The first-order valence-corrected chi connectivity index (χ1v) is 8.22. The number of benzene rings is 1. The Morgan fingerprint density at radius 1 is 1.19 bits per heavy atom. The van der Waals surface area contributed by atoms with E-state index < -0.39 is 0 Å². The van der Waals surface area contributed by atoms with Crippen LogP contribution >= 0.6 is 11.3 Å². The summed E-state index contributed by atoms with van der Waals surface area (Å²) in [5, 5.41) is 12.2. The highest BCUT2D eigenvalue weighted by molar-refractivity contribution is 7.14. The Morgan fingerprint density at radius 3 is 2.71 bits per heavy atom. The zero-order chi connectivity index (χ0) is 14.7. The number of nitrogens with one attached hydrogen (secondary N) is 1. The lowest BCUT2D eigenvalue weighted by atomic mass is 9.99. The molecule has 0 aliphatic heterocycles. The molecule has 0 atom stereocenters. The van der Waals surface area contributed by atoms with Crippen LogP contribution in [0.2, 0.25) is 0 Å². The lowest BCUT2D eigenvalue weighted by Crippen LogP contribution is -2.24. The molecule has 1 aromatic carbocycles. The van der Waals surface area contributed by atoms with E-state index in [1.807, 2.05) is 12.1 Å². The van der Waals surface area contributed by atoms with E-state index in [-0.39, 0.29) is 11.7 Å². The minimum Gasteiger partial charge on any atom is -0.508 e. The fraction of sp³-hybridized carbons (Fsp3) is 0.353. The van der Waals surface area contributed by atoms with Gasteiger partial charge in [0.1, 0.15) is 5.75 Å². The zero-order valence-corrected chi connectivity index (χ0v) is 12.7. The van der Waals surface area contributed by atoms with Crippen LogP contribution in [-0.4, -0.2) is 17.6 Å². The van der Waals surface area contributed by atoms with Gasteiger partial charge in [-0.1, -0.05) is 12.1 Å². The molecule has 110 valence electrons. The molecule has 0 saturated heterocycles. The molecule has 0 saturated carbocycles. The van der Waals surface area contributed by atoms with Crippen molar-refractivity contribution >= 4 is 17.2 Å². The van der Waals surface area contributed by atoms with Gasteiger partial charge in [0, 0.05) is 11.4 Å². The molecule has 3 nitrogen and oxygen atoms in total. The first-order valence-electron chi connectivity index (χ1n) is 7.40. The normalized spacial score (nSPS) is 13.7. The summed E-state index contributed by atoms with van der Waals surface area (Å²) >= 11 is 1.65. The van der Waals surface area contributed by atoms with Crippen molar-refractivity contribution in [2.75, 3.05) is 6.54 Å². The maximum atomic E-state index is 12.2. The Hall–Kier alpha value is -1.81. The third-order valence-corrected chi connectivity index (χ3v) is 5.09. The van der Waals surface area contributed by atoms with Crippen molar-refractivity contribution < 1.29 is 9.90 Å². The summed E-state index contributed by atoms with van der Waals surface area (Å²) in [6, 6.07) is 9.17. The van der Waals surface area contributed by atoms with Crippen molar-refractivity contribution in [2.24, 2.45) is 0 Å². The van der Waals surface area contributed by atoms with Gasteiger partial charge in [0.2, 0.25) is 0 Å². The molecule has 1 aliphatic rings. The van der Waals surface area contributed by atoms with Crippen molar-refractivity contribution in [2.45, 2.75) is 32.1 Å². The number of carbonyl (C=O) groups excluding carboxylic acids is 1. The number of amides is 1. The molecule has 2 aromatic rings. The summed E-state index contributed by atoms with van der Waals surface area (Å²) in [5.74, 6) is 0.306. The van der Waals surface area contributed by atoms with Crippen LogP contribution in [0.5, 0.6) is 5.75 Å². The van der Waals surface area contributed by atoms with Gasteiger partial charge in [0.15, 0.2) is 0 Å². The first-order chi connectivity index (χ1) is 10.2. The molecule has 2 N–H and O–H groups in total. The molecule has 4 heteroatoms. The smallest absolute Gasteiger partial charge is 0.261 e. The molecule has 0 radical (unpaired) electrons. The summed E-state index contributed by atoms with van der Waals surface area (Å²) in [4.78, 5) is 14.4. The third kappa shape index (κ3) is 3.45. The third-order valence-electron chi connectivity index (χ3n) is 3.86. The van der Waals surface area contributed by atoms with Gasteiger partial charge in [0.25, 0.3) is 5.91 Å². The molecular weight excluding hydrogens is 282 g/mol. The molecule has 1 heterocycles. The summed E-state index contributed by atoms with van der Waals surface area (Å²) in [5.41, 5.74) is 2.48. The number of aryl methyl sites for hydroxylation is 2.